The number of carbonyl (C=O) groups is 1. The Morgan fingerprint density at radius 2 is 2.19 bits per heavy atom. The van der Waals surface area contributed by atoms with Crippen molar-refractivity contribution in [3.63, 3.8) is 0 Å². The number of benzene rings is 1. The van der Waals surface area contributed by atoms with Crippen LogP contribution in [0.25, 0.3) is 0 Å². The van der Waals surface area contributed by atoms with Crippen molar-refractivity contribution < 1.29 is 14.3 Å². The largest absolute Gasteiger partial charge is 0.384 e. The van der Waals surface area contributed by atoms with Crippen molar-refractivity contribution in [2.75, 3.05) is 11.9 Å². The van der Waals surface area contributed by atoms with E-state index in [9.17, 15) is 14.0 Å². The summed E-state index contributed by atoms with van der Waals surface area (Å²) in [6.45, 7) is -0.393. The molecular weight excluding hydrogens is 275 g/mol. The number of pyridine rings is 1. The first-order valence-corrected chi connectivity index (χ1v) is 6.00. The number of nitrogens with one attached hydrogen (secondary N) is 2. The van der Waals surface area contributed by atoms with Crippen molar-refractivity contribution in [3.05, 3.63) is 63.8 Å². The van der Waals surface area contributed by atoms with Crippen molar-refractivity contribution in [2.24, 2.45) is 0 Å². The Balaban J connectivity index is 2.26. The molecule has 3 N–H and O–H groups in total. The molecule has 0 bridgehead atoms. The Labute approximate surface area is 119 Å². The highest BCUT2D eigenvalue weighted by Crippen LogP contribution is 2.14. The molecule has 0 saturated carbocycles. The molecule has 0 aliphatic rings. The first-order chi connectivity index (χ1) is 10.1. The maximum absolute atomic E-state index is 13.5. The molecule has 0 atom stereocenters. The van der Waals surface area contributed by atoms with Crippen molar-refractivity contribution in [2.45, 2.75) is 0 Å². The van der Waals surface area contributed by atoms with Crippen LogP contribution in [-0.2, 0) is 0 Å². The summed E-state index contributed by atoms with van der Waals surface area (Å²) in [5, 5.41) is 11.1. The summed E-state index contributed by atoms with van der Waals surface area (Å²) in [7, 11) is 0. The summed E-state index contributed by atoms with van der Waals surface area (Å²) < 4.78 is 13.5. The minimum atomic E-state index is -0.607. The Morgan fingerprint density at radius 1 is 1.38 bits per heavy atom. The smallest absolute Gasteiger partial charge is 0.261 e. The van der Waals surface area contributed by atoms with Crippen LogP contribution in [0.5, 0.6) is 0 Å². The SMILES string of the molecule is O=C(Nc1ccc(F)c(C#CCO)c1)c1ccc[nH]c1=O. The van der Waals surface area contributed by atoms with Gasteiger partial charge in [-0.3, -0.25) is 9.59 Å². The lowest BCUT2D eigenvalue weighted by Gasteiger charge is -2.05. The van der Waals surface area contributed by atoms with Crippen LogP contribution in [0.3, 0.4) is 0 Å². The summed E-state index contributed by atoms with van der Waals surface area (Å²) in [6.07, 6.45) is 1.42. The van der Waals surface area contributed by atoms with Gasteiger partial charge in [0.1, 0.15) is 18.0 Å². The van der Waals surface area contributed by atoms with Crippen LogP contribution >= 0.6 is 0 Å². The number of aromatic nitrogens is 1. The molecule has 2 aromatic rings. The molecular formula is C15H11FN2O3. The van der Waals surface area contributed by atoms with Crippen LogP contribution in [0.4, 0.5) is 10.1 Å². The highest BCUT2D eigenvalue weighted by atomic mass is 19.1. The van der Waals surface area contributed by atoms with E-state index in [1.54, 1.807) is 0 Å². The van der Waals surface area contributed by atoms with E-state index in [0.29, 0.717) is 5.69 Å². The number of carbonyl (C=O) groups excluding carboxylic acids is 1. The number of halogens is 1. The van der Waals surface area contributed by atoms with Gasteiger partial charge in [-0.05, 0) is 30.3 Å². The number of rotatable bonds is 2. The van der Waals surface area contributed by atoms with Gasteiger partial charge < -0.3 is 15.4 Å². The first-order valence-electron chi connectivity index (χ1n) is 6.00. The van der Waals surface area contributed by atoms with Gasteiger partial charge in [-0.2, -0.15) is 0 Å². The molecule has 0 spiro atoms. The van der Waals surface area contributed by atoms with Gasteiger partial charge >= 0.3 is 0 Å². The summed E-state index contributed by atoms with van der Waals surface area (Å²) in [5.74, 6) is 3.59. The Hall–Kier alpha value is -2.91. The van der Waals surface area contributed by atoms with Crippen LogP contribution in [0, 0.1) is 17.7 Å². The second kappa shape index (κ2) is 6.50. The van der Waals surface area contributed by atoms with Gasteiger partial charge in [0.05, 0.1) is 5.56 Å². The molecule has 1 heterocycles. The van der Waals surface area contributed by atoms with Crippen molar-refractivity contribution in [1.82, 2.24) is 4.98 Å². The summed E-state index contributed by atoms with van der Waals surface area (Å²) >= 11 is 0. The van der Waals surface area contributed by atoms with E-state index < -0.39 is 23.9 Å². The fourth-order valence-corrected chi connectivity index (χ4v) is 1.63. The Kier molecular flexibility index (Phi) is 4.49. The van der Waals surface area contributed by atoms with E-state index in [-0.39, 0.29) is 11.1 Å². The Bertz CT molecular complexity index is 787. The maximum Gasteiger partial charge on any atom is 0.261 e. The zero-order valence-electron chi connectivity index (χ0n) is 10.8. The van der Waals surface area contributed by atoms with E-state index in [2.05, 4.69) is 22.1 Å². The number of amides is 1. The predicted molar refractivity (Wildman–Crippen MR) is 75.4 cm³/mol. The molecule has 0 saturated heterocycles. The normalized spacial score (nSPS) is 9.62. The minimum Gasteiger partial charge on any atom is -0.384 e. The highest BCUT2D eigenvalue weighted by molar-refractivity contribution is 6.04. The number of anilines is 1. The van der Waals surface area contributed by atoms with Crippen LogP contribution in [0.15, 0.2) is 41.3 Å². The van der Waals surface area contributed by atoms with Crippen molar-refractivity contribution in [3.8, 4) is 11.8 Å². The zero-order valence-corrected chi connectivity index (χ0v) is 10.8. The number of aromatic amines is 1. The molecule has 0 aliphatic carbocycles. The van der Waals surface area contributed by atoms with Gasteiger partial charge in [0.15, 0.2) is 0 Å². The van der Waals surface area contributed by atoms with E-state index in [4.69, 9.17) is 5.11 Å². The fraction of sp³-hybridized carbons (Fsp3) is 0.0667. The summed E-state index contributed by atoms with van der Waals surface area (Å²) in [6, 6.07) is 6.73. The van der Waals surface area contributed by atoms with E-state index in [1.807, 2.05) is 0 Å². The van der Waals surface area contributed by atoms with Gasteiger partial charge in [0, 0.05) is 11.9 Å². The zero-order chi connectivity index (χ0) is 15.2. The maximum atomic E-state index is 13.5. The van der Waals surface area contributed by atoms with Crippen LogP contribution in [-0.4, -0.2) is 22.6 Å². The standard InChI is InChI=1S/C15H11FN2O3/c16-13-6-5-11(9-10(13)3-2-8-19)18-15(21)12-4-1-7-17-14(12)20/h1,4-7,9,19H,8H2,(H,17,20)(H,18,21). The van der Waals surface area contributed by atoms with E-state index in [0.717, 1.165) is 6.07 Å². The third kappa shape index (κ3) is 3.55. The molecule has 0 unspecified atom stereocenters. The molecule has 0 fully saturated rings. The Morgan fingerprint density at radius 3 is 2.90 bits per heavy atom. The topological polar surface area (TPSA) is 82.2 Å². The average molecular weight is 286 g/mol. The highest BCUT2D eigenvalue weighted by Gasteiger charge is 2.10. The lowest BCUT2D eigenvalue weighted by Crippen LogP contribution is -2.22. The summed E-state index contributed by atoms with van der Waals surface area (Å²) in [4.78, 5) is 25.8. The fourth-order valence-electron chi connectivity index (χ4n) is 1.63. The van der Waals surface area contributed by atoms with E-state index in [1.165, 1.54) is 30.5 Å². The van der Waals surface area contributed by atoms with Gasteiger partial charge in [-0.25, -0.2) is 4.39 Å². The van der Waals surface area contributed by atoms with Crippen LogP contribution in [0.1, 0.15) is 15.9 Å². The molecule has 1 amide bonds. The second-order valence-electron chi connectivity index (χ2n) is 4.02. The third-order valence-electron chi connectivity index (χ3n) is 2.59. The van der Waals surface area contributed by atoms with Crippen LogP contribution in [0.2, 0.25) is 0 Å². The quantitative estimate of drug-likeness (QED) is 0.723. The lowest BCUT2D eigenvalue weighted by atomic mass is 10.2. The van der Waals surface area contributed by atoms with E-state index >= 15 is 0 Å². The molecule has 106 valence electrons. The molecule has 6 heteroatoms. The number of hydrogen-bond donors (Lipinski definition) is 3. The third-order valence-corrected chi connectivity index (χ3v) is 2.59. The molecule has 2 rings (SSSR count). The van der Waals surface area contributed by atoms with Crippen molar-refractivity contribution >= 4 is 11.6 Å². The molecule has 21 heavy (non-hydrogen) atoms. The summed E-state index contributed by atoms with van der Waals surface area (Å²) in [5.41, 5.74) is -0.224. The van der Waals surface area contributed by atoms with Gasteiger partial charge in [-0.15, -0.1) is 0 Å². The monoisotopic (exact) mass is 286 g/mol. The second-order valence-corrected chi connectivity index (χ2v) is 4.02. The van der Waals surface area contributed by atoms with Gasteiger partial charge in [0.2, 0.25) is 0 Å². The van der Waals surface area contributed by atoms with Crippen molar-refractivity contribution in [1.29, 1.82) is 0 Å². The number of H-pyrrole nitrogens is 1. The molecule has 0 radical (unpaired) electrons. The minimum absolute atomic E-state index is 0.0452. The number of hydrogen-bond acceptors (Lipinski definition) is 3. The van der Waals surface area contributed by atoms with Gasteiger partial charge in [-0.1, -0.05) is 11.8 Å². The predicted octanol–water partition coefficient (Wildman–Crippen LogP) is 1.11. The lowest BCUT2D eigenvalue weighted by molar-refractivity contribution is 0.102. The molecule has 0 aliphatic heterocycles. The van der Waals surface area contributed by atoms with Crippen LogP contribution < -0.4 is 10.9 Å². The van der Waals surface area contributed by atoms with Gasteiger partial charge in [0.25, 0.3) is 11.5 Å². The first kappa shape index (κ1) is 14.5. The number of aliphatic hydroxyl groups excluding tert-OH is 1. The average Bonchev–Trinajstić information content (AvgIpc) is 2.48. The molecule has 1 aromatic heterocycles. The molecule has 1 aromatic carbocycles. The molecule has 5 nitrogen and oxygen atoms in total. The number of aliphatic hydroxyl groups is 1.